The number of carbonyl (C=O) groups excluding carboxylic acids is 3. The van der Waals surface area contributed by atoms with Crippen LogP contribution < -0.4 is 10.2 Å². The topological polar surface area (TPSA) is 70.9 Å². The van der Waals surface area contributed by atoms with E-state index in [4.69, 9.17) is 0 Å². The van der Waals surface area contributed by atoms with Crippen molar-refractivity contribution in [3.8, 4) is 0 Å². The molecule has 0 radical (unpaired) electrons. The normalized spacial score (nSPS) is 30.2. The third-order valence-corrected chi connectivity index (χ3v) is 8.28. The van der Waals surface area contributed by atoms with E-state index in [-0.39, 0.29) is 48.6 Å². The Labute approximate surface area is 183 Å². The largest absolute Gasteiger partial charge is 0.350 e. The molecule has 6 nitrogen and oxygen atoms in total. The van der Waals surface area contributed by atoms with Gasteiger partial charge in [-0.1, -0.05) is 25.8 Å². The number of hydrogen-bond donors (Lipinski definition) is 2. The minimum Gasteiger partial charge on any atom is -0.350 e. The Morgan fingerprint density at radius 2 is 1.83 bits per heavy atom. The van der Waals surface area contributed by atoms with Gasteiger partial charge in [-0.2, -0.15) is 0 Å². The lowest BCUT2D eigenvalue weighted by molar-refractivity contribution is -0.935. The van der Waals surface area contributed by atoms with E-state index in [1.807, 2.05) is 0 Å². The van der Waals surface area contributed by atoms with E-state index in [1.165, 1.54) is 22.6 Å². The number of carbonyl (C=O) groups is 3. The van der Waals surface area contributed by atoms with E-state index in [2.05, 4.69) is 29.8 Å². The Morgan fingerprint density at radius 1 is 1.17 bits per heavy atom. The molecule has 2 N–H and O–H groups in total. The summed E-state index contributed by atoms with van der Waals surface area (Å²) in [5.41, 5.74) is 0. The standard InChI is InChI=1S/C23H33N3O3S/c1-16-8-11-25(12-9-16)19(20-7-4-14-30-20)15-24-21(27)10-13-26-22(28)17-5-2-3-6-18(17)23(26)29/h4,7,14,16-19H,2-3,5-6,8-13,15H2,1H3,(H,24,27)/p+1/t17-,18-,19+/m0/s1. The average molecular weight is 433 g/mol. The summed E-state index contributed by atoms with van der Waals surface area (Å²) in [5.74, 6) is 0.329. The van der Waals surface area contributed by atoms with Crippen LogP contribution >= 0.6 is 11.3 Å². The molecule has 0 aromatic carbocycles. The molecule has 7 heteroatoms. The van der Waals surface area contributed by atoms with Crippen molar-refractivity contribution >= 4 is 29.1 Å². The summed E-state index contributed by atoms with van der Waals surface area (Å²) in [4.78, 5) is 42.0. The van der Waals surface area contributed by atoms with E-state index in [0.29, 0.717) is 6.54 Å². The van der Waals surface area contributed by atoms with E-state index < -0.39 is 0 Å². The van der Waals surface area contributed by atoms with Gasteiger partial charge in [0.25, 0.3) is 0 Å². The van der Waals surface area contributed by atoms with Gasteiger partial charge in [-0.15, -0.1) is 11.3 Å². The summed E-state index contributed by atoms with van der Waals surface area (Å²) in [5, 5.41) is 5.19. The lowest BCUT2D eigenvalue weighted by Crippen LogP contribution is -3.14. The van der Waals surface area contributed by atoms with Crippen molar-refractivity contribution in [1.82, 2.24) is 10.2 Å². The molecule has 0 bridgehead atoms. The zero-order valence-electron chi connectivity index (χ0n) is 17.9. The van der Waals surface area contributed by atoms with E-state index in [1.54, 1.807) is 16.2 Å². The van der Waals surface area contributed by atoms with Crippen molar-refractivity contribution in [2.75, 3.05) is 26.2 Å². The number of imide groups is 1. The second kappa shape index (κ2) is 9.60. The van der Waals surface area contributed by atoms with Crippen molar-refractivity contribution < 1.29 is 19.3 Å². The Hall–Kier alpha value is -1.73. The molecule has 2 aliphatic heterocycles. The highest BCUT2D eigenvalue weighted by atomic mass is 32.1. The molecule has 1 aromatic heterocycles. The van der Waals surface area contributed by atoms with Gasteiger partial charge in [0.05, 0.1) is 36.3 Å². The summed E-state index contributed by atoms with van der Waals surface area (Å²) < 4.78 is 0. The summed E-state index contributed by atoms with van der Waals surface area (Å²) in [6, 6.07) is 4.51. The molecule has 30 heavy (non-hydrogen) atoms. The lowest BCUT2D eigenvalue weighted by Gasteiger charge is -2.33. The van der Waals surface area contributed by atoms with E-state index in [0.717, 1.165) is 44.7 Å². The Bertz CT molecular complexity index is 734. The number of amides is 3. The smallest absolute Gasteiger partial charge is 0.233 e. The number of fused-ring (bicyclic) bond motifs is 1. The first kappa shape index (κ1) is 21.5. The maximum absolute atomic E-state index is 12.6. The quantitative estimate of drug-likeness (QED) is 0.646. The molecule has 3 atom stereocenters. The van der Waals surface area contributed by atoms with Crippen molar-refractivity contribution in [1.29, 1.82) is 0 Å². The Balaban J connectivity index is 1.30. The van der Waals surface area contributed by atoms with Crippen molar-refractivity contribution in [3.05, 3.63) is 22.4 Å². The molecule has 4 rings (SSSR count). The molecule has 0 unspecified atom stereocenters. The van der Waals surface area contributed by atoms with Gasteiger partial charge in [-0.3, -0.25) is 19.3 Å². The fourth-order valence-electron chi connectivity index (χ4n) is 5.39. The summed E-state index contributed by atoms with van der Waals surface area (Å²) >= 11 is 1.75. The van der Waals surface area contributed by atoms with Crippen LogP contribution in [0, 0.1) is 17.8 Å². The lowest BCUT2D eigenvalue weighted by atomic mass is 9.81. The fourth-order valence-corrected chi connectivity index (χ4v) is 6.27. The van der Waals surface area contributed by atoms with Gasteiger partial charge in [-0.05, 0) is 43.0 Å². The second-order valence-electron chi connectivity index (χ2n) is 9.29. The van der Waals surface area contributed by atoms with Crippen LogP contribution in [-0.4, -0.2) is 48.8 Å². The van der Waals surface area contributed by atoms with Gasteiger partial charge < -0.3 is 10.2 Å². The Morgan fingerprint density at radius 3 is 2.43 bits per heavy atom. The summed E-state index contributed by atoms with van der Waals surface area (Å²) in [6.45, 7) is 5.42. The van der Waals surface area contributed by atoms with Crippen LogP contribution in [0.3, 0.4) is 0 Å². The number of nitrogens with one attached hydrogen (secondary N) is 2. The second-order valence-corrected chi connectivity index (χ2v) is 10.3. The number of nitrogens with zero attached hydrogens (tertiary/aromatic N) is 1. The maximum atomic E-state index is 12.6. The monoisotopic (exact) mass is 432 g/mol. The molecule has 2 saturated heterocycles. The van der Waals surface area contributed by atoms with Crippen LogP contribution in [0.4, 0.5) is 0 Å². The molecule has 0 spiro atoms. The fraction of sp³-hybridized carbons (Fsp3) is 0.696. The van der Waals surface area contributed by atoms with Crippen LogP contribution in [0.15, 0.2) is 17.5 Å². The maximum Gasteiger partial charge on any atom is 0.233 e. The van der Waals surface area contributed by atoms with Gasteiger partial charge >= 0.3 is 0 Å². The van der Waals surface area contributed by atoms with Crippen LogP contribution in [0.5, 0.6) is 0 Å². The Kier molecular flexibility index (Phi) is 6.88. The molecular formula is C23H34N3O3S+. The first-order valence-corrected chi connectivity index (χ1v) is 12.4. The van der Waals surface area contributed by atoms with Gasteiger partial charge in [0.15, 0.2) is 0 Å². The van der Waals surface area contributed by atoms with Crippen LogP contribution in [0.2, 0.25) is 0 Å². The van der Waals surface area contributed by atoms with Gasteiger partial charge in [-0.25, -0.2) is 0 Å². The first-order valence-electron chi connectivity index (χ1n) is 11.5. The van der Waals surface area contributed by atoms with Gasteiger partial charge in [0, 0.05) is 13.0 Å². The molecule has 1 aliphatic carbocycles. The number of thiophene rings is 1. The predicted molar refractivity (Wildman–Crippen MR) is 116 cm³/mol. The summed E-state index contributed by atoms with van der Waals surface area (Å²) in [6.07, 6.45) is 6.33. The number of rotatable bonds is 7. The SMILES string of the molecule is CC1CC[NH+]([C@H](CNC(=O)CCN2C(=O)[C@H]3CCCC[C@@H]3C2=O)c2cccs2)CC1. The highest BCUT2D eigenvalue weighted by Gasteiger charge is 2.47. The van der Waals surface area contributed by atoms with E-state index in [9.17, 15) is 14.4 Å². The number of piperidine rings is 1. The summed E-state index contributed by atoms with van der Waals surface area (Å²) in [7, 11) is 0. The average Bonchev–Trinajstić information content (AvgIpc) is 3.36. The van der Waals surface area contributed by atoms with Gasteiger partial charge in [0.2, 0.25) is 17.7 Å². The van der Waals surface area contributed by atoms with Crippen LogP contribution in [-0.2, 0) is 14.4 Å². The van der Waals surface area contributed by atoms with Crippen molar-refractivity contribution in [2.24, 2.45) is 17.8 Å². The molecule has 3 fully saturated rings. The highest BCUT2D eigenvalue weighted by molar-refractivity contribution is 7.10. The highest BCUT2D eigenvalue weighted by Crippen LogP contribution is 2.37. The number of quaternary nitrogens is 1. The molecular weight excluding hydrogens is 398 g/mol. The molecule has 3 heterocycles. The zero-order chi connectivity index (χ0) is 21.1. The van der Waals surface area contributed by atoms with Crippen LogP contribution in [0.25, 0.3) is 0 Å². The third-order valence-electron chi connectivity index (χ3n) is 7.29. The number of hydrogen-bond acceptors (Lipinski definition) is 4. The minimum absolute atomic E-state index is 0.0548. The molecule has 1 saturated carbocycles. The molecule has 1 aromatic rings. The zero-order valence-corrected chi connectivity index (χ0v) is 18.7. The van der Waals surface area contributed by atoms with Crippen molar-refractivity contribution in [2.45, 2.75) is 57.9 Å². The van der Waals surface area contributed by atoms with Gasteiger partial charge in [0.1, 0.15) is 6.04 Å². The predicted octanol–water partition coefficient (Wildman–Crippen LogP) is 1.79. The minimum atomic E-state index is -0.136. The number of likely N-dealkylation sites (tertiary alicyclic amines) is 2. The first-order chi connectivity index (χ1) is 14.5. The molecule has 3 amide bonds. The van der Waals surface area contributed by atoms with E-state index >= 15 is 0 Å². The molecule has 3 aliphatic rings. The third kappa shape index (κ3) is 4.62. The van der Waals surface area contributed by atoms with Crippen LogP contribution in [0.1, 0.15) is 62.8 Å². The molecule has 164 valence electrons. The van der Waals surface area contributed by atoms with Crippen molar-refractivity contribution in [3.63, 3.8) is 0 Å².